The molecule has 28 heavy (non-hydrogen) atoms. The van der Waals surface area contributed by atoms with Crippen LogP contribution >= 0.6 is 0 Å². The van der Waals surface area contributed by atoms with Gasteiger partial charge in [-0.05, 0) is 55.8 Å². The van der Waals surface area contributed by atoms with Crippen molar-refractivity contribution in [2.75, 3.05) is 17.7 Å². The summed E-state index contributed by atoms with van der Waals surface area (Å²) in [5, 5.41) is 17.3. The molecule has 8 nitrogen and oxygen atoms in total. The predicted molar refractivity (Wildman–Crippen MR) is 106 cm³/mol. The molecule has 8 heteroatoms. The minimum Gasteiger partial charge on any atom is -0.478 e. The van der Waals surface area contributed by atoms with E-state index in [0.29, 0.717) is 22.5 Å². The average molecular weight is 385 g/mol. The van der Waals surface area contributed by atoms with Crippen molar-refractivity contribution in [3.8, 4) is 0 Å². The van der Waals surface area contributed by atoms with Gasteiger partial charge >= 0.3 is 12.0 Å². The topological polar surface area (TPSA) is 117 Å². The smallest absolute Gasteiger partial charge is 0.335 e. The molecule has 0 aromatic heterocycles. The second-order valence-corrected chi connectivity index (χ2v) is 6.44. The summed E-state index contributed by atoms with van der Waals surface area (Å²) in [5.74, 6) is -1.53. The van der Waals surface area contributed by atoms with Crippen LogP contribution in [0.15, 0.2) is 42.5 Å². The van der Waals surface area contributed by atoms with Gasteiger partial charge in [0, 0.05) is 30.1 Å². The number of urea groups is 1. The zero-order chi connectivity index (χ0) is 20.7. The van der Waals surface area contributed by atoms with Crippen molar-refractivity contribution in [3.05, 3.63) is 59.2 Å². The number of rotatable bonds is 7. The van der Waals surface area contributed by atoms with Crippen LogP contribution in [-0.2, 0) is 11.3 Å². The maximum atomic E-state index is 12.6. The van der Waals surface area contributed by atoms with Gasteiger partial charge in [0.15, 0.2) is 0 Å². The molecule has 0 fully saturated rings. The molecule has 0 saturated carbocycles. The van der Waals surface area contributed by atoms with E-state index in [4.69, 9.17) is 4.74 Å². The van der Waals surface area contributed by atoms with Crippen molar-refractivity contribution in [1.82, 2.24) is 5.32 Å². The van der Waals surface area contributed by atoms with Gasteiger partial charge in [-0.1, -0.05) is 6.07 Å². The molecule has 148 valence electrons. The number of carboxylic acids is 1. The van der Waals surface area contributed by atoms with Crippen LogP contribution in [0.3, 0.4) is 0 Å². The summed E-state index contributed by atoms with van der Waals surface area (Å²) in [6, 6.07) is 10.6. The molecular weight excluding hydrogens is 362 g/mol. The summed E-state index contributed by atoms with van der Waals surface area (Å²) in [7, 11) is 1.50. The molecule has 2 aromatic carbocycles. The van der Waals surface area contributed by atoms with E-state index in [-0.39, 0.29) is 24.2 Å². The van der Waals surface area contributed by atoms with Crippen LogP contribution in [0.25, 0.3) is 0 Å². The number of benzene rings is 2. The number of amides is 3. The molecule has 2 aromatic rings. The van der Waals surface area contributed by atoms with Gasteiger partial charge in [-0.15, -0.1) is 0 Å². The largest absolute Gasteiger partial charge is 0.478 e. The molecule has 0 aliphatic carbocycles. The van der Waals surface area contributed by atoms with E-state index in [2.05, 4.69) is 16.0 Å². The van der Waals surface area contributed by atoms with Crippen molar-refractivity contribution in [2.24, 2.45) is 0 Å². The fourth-order valence-electron chi connectivity index (χ4n) is 2.51. The molecule has 0 heterocycles. The van der Waals surface area contributed by atoms with Crippen molar-refractivity contribution >= 4 is 29.3 Å². The Morgan fingerprint density at radius 1 is 1.00 bits per heavy atom. The van der Waals surface area contributed by atoms with Gasteiger partial charge in [-0.2, -0.15) is 0 Å². The maximum absolute atomic E-state index is 12.6. The van der Waals surface area contributed by atoms with Gasteiger partial charge < -0.3 is 25.8 Å². The van der Waals surface area contributed by atoms with Gasteiger partial charge in [0.1, 0.15) is 0 Å². The molecule has 0 radical (unpaired) electrons. The quantitative estimate of drug-likeness (QED) is 0.583. The van der Waals surface area contributed by atoms with Gasteiger partial charge in [0.25, 0.3) is 5.91 Å². The van der Waals surface area contributed by atoms with Gasteiger partial charge in [0.05, 0.1) is 12.2 Å². The lowest BCUT2D eigenvalue weighted by Gasteiger charge is -2.12. The predicted octanol–water partition coefficient (Wildman–Crippen LogP) is 3.31. The maximum Gasteiger partial charge on any atom is 0.335 e. The van der Waals surface area contributed by atoms with E-state index in [0.717, 1.165) is 0 Å². The number of ether oxygens (including phenoxy) is 1. The number of anilines is 2. The van der Waals surface area contributed by atoms with Crippen LogP contribution in [-0.4, -0.2) is 36.2 Å². The Kier molecular flexibility index (Phi) is 7.11. The third-order valence-electron chi connectivity index (χ3n) is 3.61. The molecule has 0 aliphatic heterocycles. The first-order valence-electron chi connectivity index (χ1n) is 8.63. The van der Waals surface area contributed by atoms with Crippen LogP contribution in [0.4, 0.5) is 16.2 Å². The second kappa shape index (κ2) is 9.52. The summed E-state index contributed by atoms with van der Waals surface area (Å²) < 4.78 is 5.04. The first kappa shape index (κ1) is 20.9. The van der Waals surface area contributed by atoms with Crippen molar-refractivity contribution in [1.29, 1.82) is 0 Å². The number of carbonyl (C=O) groups excluding carboxylic acids is 2. The van der Waals surface area contributed by atoms with E-state index < -0.39 is 11.9 Å². The minimum absolute atomic E-state index is 0.0192. The Morgan fingerprint density at radius 3 is 2.36 bits per heavy atom. The monoisotopic (exact) mass is 385 g/mol. The standard InChI is InChI=1S/C20H23N3O5/c1-12(2)21-20(27)23-16-6-4-5-14(9-16)18(24)22-17-8-13(11-28-3)7-15(10-17)19(25)26/h4-10,12H,11H2,1-3H3,(H,22,24)(H,25,26)(H2,21,23,27). The summed E-state index contributed by atoms with van der Waals surface area (Å²) in [6.45, 7) is 3.90. The van der Waals surface area contributed by atoms with Crippen LogP contribution in [0.1, 0.15) is 40.1 Å². The minimum atomic E-state index is -1.10. The fraction of sp³-hybridized carbons (Fsp3) is 0.250. The number of carbonyl (C=O) groups is 3. The van der Waals surface area contributed by atoms with Gasteiger partial charge in [-0.3, -0.25) is 4.79 Å². The number of aromatic carboxylic acids is 1. The van der Waals surface area contributed by atoms with E-state index >= 15 is 0 Å². The third-order valence-corrected chi connectivity index (χ3v) is 3.61. The molecule has 0 bridgehead atoms. The van der Waals surface area contributed by atoms with Crippen LogP contribution in [0, 0.1) is 0 Å². The van der Waals surface area contributed by atoms with E-state index in [1.54, 1.807) is 24.3 Å². The van der Waals surface area contributed by atoms with Crippen molar-refractivity contribution in [2.45, 2.75) is 26.5 Å². The van der Waals surface area contributed by atoms with Crippen LogP contribution in [0.5, 0.6) is 0 Å². The molecule has 0 spiro atoms. The molecule has 0 atom stereocenters. The highest BCUT2D eigenvalue weighted by atomic mass is 16.5. The van der Waals surface area contributed by atoms with E-state index in [1.807, 2.05) is 13.8 Å². The lowest BCUT2D eigenvalue weighted by atomic mass is 10.1. The second-order valence-electron chi connectivity index (χ2n) is 6.44. The van der Waals surface area contributed by atoms with Gasteiger partial charge in [0.2, 0.25) is 0 Å². The number of nitrogens with one attached hydrogen (secondary N) is 3. The summed E-state index contributed by atoms with van der Waals surface area (Å²) in [5.41, 5.74) is 1.79. The lowest BCUT2D eigenvalue weighted by Crippen LogP contribution is -2.34. The number of hydrogen-bond donors (Lipinski definition) is 4. The number of carboxylic acid groups (broad SMARTS) is 1. The Hall–Kier alpha value is -3.39. The fourth-order valence-corrected chi connectivity index (χ4v) is 2.51. The highest BCUT2D eigenvalue weighted by molar-refractivity contribution is 6.05. The normalized spacial score (nSPS) is 10.4. The molecule has 4 N–H and O–H groups in total. The highest BCUT2D eigenvalue weighted by Crippen LogP contribution is 2.18. The first-order chi connectivity index (χ1) is 13.3. The Bertz CT molecular complexity index is 880. The van der Waals surface area contributed by atoms with Crippen LogP contribution < -0.4 is 16.0 Å². The number of hydrogen-bond acceptors (Lipinski definition) is 4. The van der Waals surface area contributed by atoms with E-state index in [9.17, 15) is 19.5 Å². The Morgan fingerprint density at radius 2 is 1.71 bits per heavy atom. The molecule has 3 amide bonds. The van der Waals surface area contributed by atoms with Crippen molar-refractivity contribution in [3.63, 3.8) is 0 Å². The number of methoxy groups -OCH3 is 1. The molecule has 2 rings (SSSR count). The molecule has 0 aliphatic rings. The summed E-state index contributed by atoms with van der Waals surface area (Å²) in [4.78, 5) is 35.7. The molecule has 0 unspecified atom stereocenters. The molecule has 0 saturated heterocycles. The Balaban J connectivity index is 2.17. The molecular formula is C20H23N3O5. The third kappa shape index (κ3) is 6.10. The zero-order valence-electron chi connectivity index (χ0n) is 15.9. The summed E-state index contributed by atoms with van der Waals surface area (Å²) in [6.07, 6.45) is 0. The SMILES string of the molecule is COCc1cc(NC(=O)c2cccc(NC(=O)NC(C)C)c2)cc(C(=O)O)c1. The van der Waals surface area contributed by atoms with Crippen molar-refractivity contribution < 1.29 is 24.2 Å². The average Bonchev–Trinajstić information content (AvgIpc) is 2.61. The van der Waals surface area contributed by atoms with E-state index in [1.165, 1.54) is 25.3 Å². The first-order valence-corrected chi connectivity index (χ1v) is 8.63. The Labute approximate surface area is 162 Å². The van der Waals surface area contributed by atoms with Gasteiger partial charge in [-0.25, -0.2) is 9.59 Å². The van der Waals surface area contributed by atoms with Crippen LogP contribution in [0.2, 0.25) is 0 Å². The zero-order valence-corrected chi connectivity index (χ0v) is 15.9. The highest BCUT2D eigenvalue weighted by Gasteiger charge is 2.12. The summed E-state index contributed by atoms with van der Waals surface area (Å²) >= 11 is 0. The lowest BCUT2D eigenvalue weighted by molar-refractivity contribution is 0.0696.